The Labute approximate surface area is 121 Å². The van der Waals surface area contributed by atoms with Gasteiger partial charge in [0.05, 0.1) is 6.54 Å². The lowest BCUT2D eigenvalue weighted by Gasteiger charge is -2.22. The largest absolute Gasteiger partial charge is 0.465 e. The van der Waals surface area contributed by atoms with Gasteiger partial charge in [-0.25, -0.2) is 0 Å². The van der Waals surface area contributed by atoms with Crippen LogP contribution >= 0.6 is 11.8 Å². The van der Waals surface area contributed by atoms with E-state index in [9.17, 15) is 0 Å². The number of rotatable bonds is 6. The van der Waals surface area contributed by atoms with Gasteiger partial charge in [-0.15, -0.1) is 0 Å². The monoisotopic (exact) mass is 282 g/mol. The third-order valence-corrected chi connectivity index (χ3v) is 4.85. The SMILES string of the molecule is Cc1oc(CNC(C)C)cc1CN(C)C1CCSC1. The number of aryl methyl sites for hydroxylation is 1. The fraction of sp³-hybridized carbons (Fsp3) is 0.733. The molecule has 4 heteroatoms. The first-order chi connectivity index (χ1) is 9.06. The molecule has 0 amide bonds. The maximum atomic E-state index is 5.83. The second-order valence-corrected chi connectivity index (χ2v) is 6.91. The summed E-state index contributed by atoms with van der Waals surface area (Å²) in [5.41, 5.74) is 1.33. The number of furan rings is 1. The van der Waals surface area contributed by atoms with Crippen LogP contribution in [0.1, 0.15) is 37.4 Å². The van der Waals surface area contributed by atoms with Crippen molar-refractivity contribution in [3.63, 3.8) is 0 Å². The molecule has 1 N–H and O–H groups in total. The highest BCUT2D eigenvalue weighted by molar-refractivity contribution is 7.99. The van der Waals surface area contributed by atoms with Crippen molar-refractivity contribution in [2.45, 2.75) is 52.4 Å². The molecule has 2 heterocycles. The van der Waals surface area contributed by atoms with E-state index in [0.717, 1.165) is 30.7 Å². The first-order valence-electron chi connectivity index (χ1n) is 7.16. The normalized spacial score (nSPS) is 19.8. The first kappa shape index (κ1) is 14.9. The molecule has 1 aromatic rings. The summed E-state index contributed by atoms with van der Waals surface area (Å²) >= 11 is 2.07. The third-order valence-electron chi connectivity index (χ3n) is 3.70. The minimum Gasteiger partial charge on any atom is -0.465 e. The van der Waals surface area contributed by atoms with Gasteiger partial charge < -0.3 is 9.73 Å². The molecule has 19 heavy (non-hydrogen) atoms. The maximum Gasteiger partial charge on any atom is 0.118 e. The Morgan fingerprint density at radius 2 is 2.32 bits per heavy atom. The molecule has 1 aromatic heterocycles. The second kappa shape index (κ2) is 6.82. The van der Waals surface area contributed by atoms with E-state index in [0.29, 0.717) is 6.04 Å². The third kappa shape index (κ3) is 4.26. The first-order valence-corrected chi connectivity index (χ1v) is 8.31. The van der Waals surface area contributed by atoms with E-state index in [-0.39, 0.29) is 0 Å². The molecule has 0 saturated carbocycles. The average molecular weight is 282 g/mol. The van der Waals surface area contributed by atoms with E-state index in [4.69, 9.17) is 4.42 Å². The van der Waals surface area contributed by atoms with Gasteiger partial charge in [-0.3, -0.25) is 4.90 Å². The van der Waals surface area contributed by atoms with Crippen molar-refractivity contribution in [1.29, 1.82) is 0 Å². The highest BCUT2D eigenvalue weighted by Crippen LogP contribution is 2.24. The molecule has 0 spiro atoms. The van der Waals surface area contributed by atoms with Gasteiger partial charge in [0.2, 0.25) is 0 Å². The molecule has 0 aromatic carbocycles. The Hall–Kier alpha value is -0.450. The van der Waals surface area contributed by atoms with Gasteiger partial charge in [0.25, 0.3) is 0 Å². The van der Waals surface area contributed by atoms with Crippen LogP contribution in [0.25, 0.3) is 0 Å². The molecule has 1 unspecified atom stereocenters. The van der Waals surface area contributed by atoms with Crippen molar-refractivity contribution >= 4 is 11.8 Å². The average Bonchev–Trinajstić information content (AvgIpc) is 2.97. The number of nitrogens with one attached hydrogen (secondary N) is 1. The zero-order valence-electron chi connectivity index (χ0n) is 12.5. The maximum absolute atomic E-state index is 5.83. The molecule has 0 radical (unpaired) electrons. The highest BCUT2D eigenvalue weighted by Gasteiger charge is 2.21. The summed E-state index contributed by atoms with van der Waals surface area (Å²) in [6.07, 6.45) is 1.32. The van der Waals surface area contributed by atoms with Crippen LogP contribution in [-0.4, -0.2) is 35.5 Å². The van der Waals surface area contributed by atoms with Crippen molar-refractivity contribution in [2.24, 2.45) is 0 Å². The zero-order valence-corrected chi connectivity index (χ0v) is 13.3. The highest BCUT2D eigenvalue weighted by atomic mass is 32.2. The molecule has 1 fully saturated rings. The Morgan fingerprint density at radius 1 is 1.53 bits per heavy atom. The van der Waals surface area contributed by atoms with Crippen molar-refractivity contribution < 1.29 is 4.42 Å². The molecule has 1 atom stereocenters. The van der Waals surface area contributed by atoms with Crippen LogP contribution in [0.4, 0.5) is 0 Å². The lowest BCUT2D eigenvalue weighted by molar-refractivity contribution is 0.253. The summed E-state index contributed by atoms with van der Waals surface area (Å²) in [6, 6.07) is 3.44. The van der Waals surface area contributed by atoms with E-state index < -0.39 is 0 Å². The van der Waals surface area contributed by atoms with Crippen LogP contribution in [0, 0.1) is 6.92 Å². The Morgan fingerprint density at radius 3 is 2.95 bits per heavy atom. The van der Waals surface area contributed by atoms with E-state index in [2.05, 4.69) is 55.9 Å². The molecule has 1 aliphatic heterocycles. The van der Waals surface area contributed by atoms with Crippen LogP contribution in [0.3, 0.4) is 0 Å². The van der Waals surface area contributed by atoms with Gasteiger partial charge in [-0.1, -0.05) is 13.8 Å². The van der Waals surface area contributed by atoms with Crippen LogP contribution < -0.4 is 5.32 Å². The number of thioether (sulfide) groups is 1. The van der Waals surface area contributed by atoms with Crippen LogP contribution in [0.2, 0.25) is 0 Å². The summed E-state index contributed by atoms with van der Waals surface area (Å²) < 4.78 is 5.83. The fourth-order valence-electron chi connectivity index (χ4n) is 2.40. The minimum atomic E-state index is 0.493. The Kier molecular flexibility index (Phi) is 5.37. The number of hydrogen-bond acceptors (Lipinski definition) is 4. The summed E-state index contributed by atoms with van der Waals surface area (Å²) in [6.45, 7) is 8.21. The van der Waals surface area contributed by atoms with Crippen molar-refractivity contribution in [3.8, 4) is 0 Å². The van der Waals surface area contributed by atoms with Crippen molar-refractivity contribution in [1.82, 2.24) is 10.2 Å². The van der Waals surface area contributed by atoms with Crippen molar-refractivity contribution in [2.75, 3.05) is 18.6 Å². The lowest BCUT2D eigenvalue weighted by atomic mass is 10.2. The zero-order chi connectivity index (χ0) is 13.8. The minimum absolute atomic E-state index is 0.493. The summed E-state index contributed by atoms with van der Waals surface area (Å²) in [7, 11) is 2.23. The molecule has 0 bridgehead atoms. The van der Waals surface area contributed by atoms with E-state index >= 15 is 0 Å². The topological polar surface area (TPSA) is 28.4 Å². The van der Waals surface area contributed by atoms with E-state index in [1.165, 1.54) is 23.5 Å². The fourth-order valence-corrected chi connectivity index (χ4v) is 3.70. The summed E-state index contributed by atoms with van der Waals surface area (Å²) in [4.78, 5) is 2.47. The quantitative estimate of drug-likeness (QED) is 0.868. The lowest BCUT2D eigenvalue weighted by Crippen LogP contribution is -2.30. The molecular formula is C15H26N2OS. The van der Waals surface area contributed by atoms with Crippen LogP contribution in [0.5, 0.6) is 0 Å². The van der Waals surface area contributed by atoms with Gasteiger partial charge in [0.15, 0.2) is 0 Å². The smallest absolute Gasteiger partial charge is 0.118 e. The number of hydrogen-bond donors (Lipinski definition) is 1. The molecule has 1 aliphatic rings. The standard InChI is InChI=1S/C15H26N2OS/c1-11(2)16-8-15-7-13(12(3)18-15)9-17(4)14-5-6-19-10-14/h7,11,14,16H,5-6,8-10H2,1-4H3. The molecule has 3 nitrogen and oxygen atoms in total. The number of nitrogens with zero attached hydrogens (tertiary/aromatic N) is 1. The van der Waals surface area contributed by atoms with Gasteiger partial charge in [-0.05, 0) is 32.2 Å². The Balaban J connectivity index is 1.92. The molecular weight excluding hydrogens is 256 g/mol. The Bertz CT molecular complexity index is 397. The van der Waals surface area contributed by atoms with Gasteiger partial charge in [-0.2, -0.15) is 11.8 Å². The van der Waals surface area contributed by atoms with E-state index in [1.54, 1.807) is 0 Å². The van der Waals surface area contributed by atoms with Crippen LogP contribution in [-0.2, 0) is 13.1 Å². The summed E-state index contributed by atoms with van der Waals surface area (Å²) in [5, 5.41) is 3.40. The predicted octanol–water partition coefficient (Wildman–Crippen LogP) is 3.02. The molecule has 2 rings (SSSR count). The molecule has 0 aliphatic carbocycles. The van der Waals surface area contributed by atoms with Gasteiger partial charge >= 0.3 is 0 Å². The van der Waals surface area contributed by atoms with E-state index in [1.807, 2.05) is 0 Å². The predicted molar refractivity (Wildman–Crippen MR) is 82.6 cm³/mol. The van der Waals surface area contributed by atoms with Crippen molar-refractivity contribution in [3.05, 3.63) is 23.2 Å². The molecule has 1 saturated heterocycles. The van der Waals surface area contributed by atoms with Gasteiger partial charge in [0.1, 0.15) is 11.5 Å². The summed E-state index contributed by atoms with van der Waals surface area (Å²) in [5.74, 6) is 4.70. The van der Waals surface area contributed by atoms with Gasteiger partial charge in [0, 0.05) is 29.9 Å². The second-order valence-electron chi connectivity index (χ2n) is 5.76. The van der Waals surface area contributed by atoms with Crippen LogP contribution in [0.15, 0.2) is 10.5 Å². The molecule has 108 valence electrons.